The number of nitro groups is 1. The summed E-state index contributed by atoms with van der Waals surface area (Å²) in [5.41, 5.74) is 0.260. The van der Waals surface area contributed by atoms with E-state index in [0.29, 0.717) is 18.0 Å². The third-order valence-electron chi connectivity index (χ3n) is 3.22. The summed E-state index contributed by atoms with van der Waals surface area (Å²) < 4.78 is 5.31. The summed E-state index contributed by atoms with van der Waals surface area (Å²) in [5.74, 6) is 0.0151. The van der Waals surface area contributed by atoms with Crippen molar-refractivity contribution in [2.75, 3.05) is 11.9 Å². The molecule has 0 saturated heterocycles. The molecule has 7 heteroatoms. The van der Waals surface area contributed by atoms with E-state index in [1.807, 2.05) is 6.92 Å². The van der Waals surface area contributed by atoms with Gasteiger partial charge in [-0.1, -0.05) is 12.1 Å². The topological polar surface area (TPSA) is 105 Å². The van der Waals surface area contributed by atoms with E-state index >= 15 is 0 Å². The van der Waals surface area contributed by atoms with Gasteiger partial charge in [-0.15, -0.1) is 0 Å². The number of hydrogen-bond acceptors (Lipinski definition) is 5. The van der Waals surface area contributed by atoms with Crippen molar-refractivity contribution in [2.24, 2.45) is 0 Å². The van der Waals surface area contributed by atoms with Crippen molar-refractivity contribution < 1.29 is 14.5 Å². The van der Waals surface area contributed by atoms with Crippen molar-refractivity contribution in [3.05, 3.63) is 69.8 Å². The molecule has 2 aromatic rings. The number of para-hydroxylation sites is 1. The zero-order valence-corrected chi connectivity index (χ0v) is 13.4. The molecule has 1 amide bonds. The highest BCUT2D eigenvalue weighted by atomic mass is 16.6. The number of hydrogen-bond donors (Lipinski definition) is 1. The van der Waals surface area contributed by atoms with E-state index in [1.54, 1.807) is 36.4 Å². The molecule has 7 nitrogen and oxygen atoms in total. The number of nitriles is 1. The van der Waals surface area contributed by atoms with Gasteiger partial charge in [0.05, 0.1) is 17.1 Å². The Bertz CT molecular complexity index is 851. The van der Waals surface area contributed by atoms with Gasteiger partial charge in [-0.05, 0) is 43.3 Å². The first-order valence-electron chi connectivity index (χ1n) is 7.44. The number of nitro benzene ring substituents is 1. The van der Waals surface area contributed by atoms with Crippen LogP contribution in [0.2, 0.25) is 0 Å². The highest BCUT2D eigenvalue weighted by Crippen LogP contribution is 2.21. The third kappa shape index (κ3) is 4.65. The minimum Gasteiger partial charge on any atom is -0.494 e. The Labute approximate surface area is 144 Å². The van der Waals surface area contributed by atoms with Crippen molar-refractivity contribution in [3.8, 4) is 11.8 Å². The van der Waals surface area contributed by atoms with Crippen molar-refractivity contribution in [3.63, 3.8) is 0 Å². The Kier molecular flexibility index (Phi) is 5.85. The van der Waals surface area contributed by atoms with E-state index in [0.717, 1.165) is 0 Å². The molecular weight excluding hydrogens is 322 g/mol. The monoisotopic (exact) mass is 337 g/mol. The minimum atomic E-state index is -0.648. The van der Waals surface area contributed by atoms with Crippen LogP contribution in [0, 0.1) is 21.4 Å². The number of benzene rings is 2. The number of ether oxygens (including phenoxy) is 1. The van der Waals surface area contributed by atoms with E-state index in [-0.39, 0.29) is 16.8 Å². The fourth-order valence-corrected chi connectivity index (χ4v) is 2.08. The standard InChI is InChI=1S/C18H15N3O4/c1-2-25-16-9-7-15(8-10-16)20-18(22)14(12-19)11-13-5-3-4-6-17(13)21(23)24/h3-11H,2H2,1H3,(H,20,22). The van der Waals surface area contributed by atoms with E-state index in [2.05, 4.69) is 5.32 Å². The highest BCUT2D eigenvalue weighted by molar-refractivity contribution is 6.09. The first-order chi connectivity index (χ1) is 12.0. The summed E-state index contributed by atoms with van der Waals surface area (Å²) >= 11 is 0. The summed E-state index contributed by atoms with van der Waals surface area (Å²) in [6.45, 7) is 2.39. The van der Waals surface area contributed by atoms with Gasteiger partial charge in [-0.2, -0.15) is 5.26 Å². The first-order valence-corrected chi connectivity index (χ1v) is 7.44. The molecule has 0 unspecified atom stereocenters. The van der Waals surface area contributed by atoms with E-state index in [1.165, 1.54) is 24.3 Å². The Hall–Kier alpha value is -3.66. The molecule has 0 aliphatic heterocycles. The maximum Gasteiger partial charge on any atom is 0.276 e. The number of anilines is 1. The summed E-state index contributed by atoms with van der Waals surface area (Å²) in [6.07, 6.45) is 1.20. The number of rotatable bonds is 6. The molecule has 0 radical (unpaired) electrons. The minimum absolute atomic E-state index is 0.177. The molecule has 0 spiro atoms. The van der Waals surface area contributed by atoms with Crippen molar-refractivity contribution in [2.45, 2.75) is 6.92 Å². The van der Waals surface area contributed by atoms with Gasteiger partial charge in [0, 0.05) is 11.8 Å². The van der Waals surface area contributed by atoms with E-state index in [9.17, 15) is 20.2 Å². The lowest BCUT2D eigenvalue weighted by molar-refractivity contribution is -0.385. The fraction of sp³-hybridized carbons (Fsp3) is 0.111. The van der Waals surface area contributed by atoms with E-state index < -0.39 is 10.8 Å². The number of carbonyl (C=O) groups is 1. The van der Waals surface area contributed by atoms with Crippen molar-refractivity contribution in [1.82, 2.24) is 0 Å². The van der Waals surface area contributed by atoms with Crippen LogP contribution in [-0.2, 0) is 4.79 Å². The van der Waals surface area contributed by atoms with Crippen molar-refractivity contribution >= 4 is 23.4 Å². The predicted molar refractivity (Wildman–Crippen MR) is 92.9 cm³/mol. The number of nitrogens with one attached hydrogen (secondary N) is 1. The predicted octanol–water partition coefficient (Wildman–Crippen LogP) is 3.54. The Balaban J connectivity index is 2.21. The van der Waals surface area contributed by atoms with Gasteiger partial charge in [-0.25, -0.2) is 0 Å². The first kappa shape index (κ1) is 17.7. The Morgan fingerprint density at radius 3 is 2.56 bits per heavy atom. The summed E-state index contributed by atoms with van der Waals surface area (Å²) in [5, 5.41) is 22.8. The second kappa shape index (κ2) is 8.26. The van der Waals surface area contributed by atoms with Gasteiger partial charge in [0.25, 0.3) is 11.6 Å². The van der Waals surface area contributed by atoms with Crippen LogP contribution in [0.15, 0.2) is 54.1 Å². The molecule has 0 aliphatic rings. The molecule has 0 saturated carbocycles. The summed E-state index contributed by atoms with van der Waals surface area (Å²) in [6, 6.07) is 14.3. The molecule has 0 atom stereocenters. The van der Waals surface area contributed by atoms with Crippen LogP contribution < -0.4 is 10.1 Å². The molecule has 0 aliphatic carbocycles. The second-order valence-electron chi connectivity index (χ2n) is 4.90. The molecule has 0 fully saturated rings. The molecule has 0 aromatic heterocycles. The molecule has 126 valence electrons. The van der Waals surface area contributed by atoms with Gasteiger partial charge in [0.15, 0.2) is 0 Å². The zero-order valence-electron chi connectivity index (χ0n) is 13.4. The number of amides is 1. The lowest BCUT2D eigenvalue weighted by Crippen LogP contribution is -2.13. The quantitative estimate of drug-likeness (QED) is 0.375. The van der Waals surface area contributed by atoms with Gasteiger partial charge in [0.1, 0.15) is 17.4 Å². The number of carbonyl (C=O) groups excluding carboxylic acids is 1. The fourth-order valence-electron chi connectivity index (χ4n) is 2.08. The summed E-state index contributed by atoms with van der Waals surface area (Å²) in [7, 11) is 0. The summed E-state index contributed by atoms with van der Waals surface area (Å²) in [4.78, 5) is 22.7. The van der Waals surface area contributed by atoms with Crippen LogP contribution in [0.4, 0.5) is 11.4 Å². The third-order valence-corrected chi connectivity index (χ3v) is 3.22. The SMILES string of the molecule is CCOc1ccc(NC(=O)C(C#N)=Cc2ccccc2[N+](=O)[O-])cc1. The zero-order chi connectivity index (χ0) is 18.2. The smallest absolute Gasteiger partial charge is 0.276 e. The second-order valence-corrected chi connectivity index (χ2v) is 4.90. The molecule has 25 heavy (non-hydrogen) atoms. The maximum absolute atomic E-state index is 12.2. The average molecular weight is 337 g/mol. The van der Waals surface area contributed by atoms with E-state index in [4.69, 9.17) is 4.74 Å². The van der Waals surface area contributed by atoms with Gasteiger partial charge < -0.3 is 10.1 Å². The van der Waals surface area contributed by atoms with Crippen molar-refractivity contribution in [1.29, 1.82) is 5.26 Å². The van der Waals surface area contributed by atoms with Crippen LogP contribution in [0.3, 0.4) is 0 Å². The lowest BCUT2D eigenvalue weighted by Gasteiger charge is -2.06. The molecule has 0 bridgehead atoms. The van der Waals surface area contributed by atoms with Crippen LogP contribution >= 0.6 is 0 Å². The Morgan fingerprint density at radius 2 is 1.96 bits per heavy atom. The largest absolute Gasteiger partial charge is 0.494 e. The van der Waals surface area contributed by atoms with Crippen LogP contribution in [-0.4, -0.2) is 17.4 Å². The Morgan fingerprint density at radius 1 is 1.28 bits per heavy atom. The van der Waals surface area contributed by atoms with Gasteiger partial charge in [0.2, 0.25) is 0 Å². The normalized spacial score (nSPS) is 10.6. The highest BCUT2D eigenvalue weighted by Gasteiger charge is 2.15. The lowest BCUT2D eigenvalue weighted by atomic mass is 10.1. The number of nitrogens with zero attached hydrogens (tertiary/aromatic N) is 2. The maximum atomic E-state index is 12.2. The molecule has 0 heterocycles. The molecule has 2 rings (SSSR count). The molecular formula is C18H15N3O4. The van der Waals surface area contributed by atoms with Crippen LogP contribution in [0.1, 0.15) is 12.5 Å². The van der Waals surface area contributed by atoms with Crippen LogP contribution in [0.5, 0.6) is 5.75 Å². The van der Waals surface area contributed by atoms with Gasteiger partial charge in [-0.3, -0.25) is 14.9 Å². The van der Waals surface area contributed by atoms with Gasteiger partial charge >= 0.3 is 0 Å². The van der Waals surface area contributed by atoms with Crippen LogP contribution in [0.25, 0.3) is 6.08 Å². The average Bonchev–Trinajstić information content (AvgIpc) is 2.61. The molecule has 2 aromatic carbocycles. The molecule has 1 N–H and O–H groups in total.